The third kappa shape index (κ3) is 4.23. The van der Waals surface area contributed by atoms with Crippen LogP contribution in [0.5, 0.6) is 0 Å². The van der Waals surface area contributed by atoms with E-state index >= 15 is 0 Å². The van der Waals surface area contributed by atoms with Crippen molar-refractivity contribution in [3.63, 3.8) is 0 Å². The second kappa shape index (κ2) is 6.49. The summed E-state index contributed by atoms with van der Waals surface area (Å²) < 4.78 is 24.4. The van der Waals surface area contributed by atoms with Crippen LogP contribution in [0.25, 0.3) is 0 Å². The fourth-order valence-corrected chi connectivity index (χ4v) is 4.02. The van der Waals surface area contributed by atoms with E-state index < -0.39 is 10.0 Å². The Morgan fingerprint density at radius 3 is 2.39 bits per heavy atom. The van der Waals surface area contributed by atoms with E-state index in [2.05, 4.69) is 22.8 Å². The van der Waals surface area contributed by atoms with Crippen molar-refractivity contribution in [3.05, 3.63) is 35.9 Å². The van der Waals surface area contributed by atoms with Crippen LogP contribution in [0.15, 0.2) is 30.3 Å². The minimum absolute atomic E-state index is 0.0434. The average molecular weight is 337 g/mol. The first-order valence-electron chi connectivity index (χ1n) is 8.00. The Morgan fingerprint density at radius 2 is 1.78 bits per heavy atom. The molecule has 2 amide bonds. The van der Waals surface area contributed by atoms with E-state index in [1.54, 1.807) is 0 Å². The fourth-order valence-electron chi connectivity index (χ4n) is 3.15. The first-order valence-corrected chi connectivity index (χ1v) is 9.85. The lowest BCUT2D eigenvalue weighted by Gasteiger charge is -2.30. The number of sulfonamides is 1. The van der Waals surface area contributed by atoms with Crippen molar-refractivity contribution in [1.29, 1.82) is 0 Å². The molecule has 0 spiro atoms. The van der Waals surface area contributed by atoms with Crippen LogP contribution >= 0.6 is 0 Å². The Labute approximate surface area is 137 Å². The van der Waals surface area contributed by atoms with E-state index in [-0.39, 0.29) is 18.1 Å². The number of urea groups is 1. The minimum Gasteiger partial charge on any atom is -0.335 e. The normalized spacial score (nSPS) is 25.8. The molecule has 7 heteroatoms. The Bertz CT molecular complexity index is 654. The van der Waals surface area contributed by atoms with E-state index in [4.69, 9.17) is 0 Å². The Kier molecular flexibility index (Phi) is 4.59. The maximum Gasteiger partial charge on any atom is 0.315 e. The molecule has 2 atom stereocenters. The maximum atomic E-state index is 12.1. The summed E-state index contributed by atoms with van der Waals surface area (Å²) in [6, 6.07) is 10.3. The van der Waals surface area contributed by atoms with Crippen molar-refractivity contribution < 1.29 is 13.2 Å². The number of benzene rings is 1. The summed E-state index contributed by atoms with van der Waals surface area (Å²) in [5.41, 5.74) is 1.26. The monoisotopic (exact) mass is 337 g/mol. The van der Waals surface area contributed by atoms with Gasteiger partial charge in [0.1, 0.15) is 0 Å². The number of nitrogens with one attached hydrogen (secondary N) is 2. The van der Waals surface area contributed by atoms with Gasteiger partial charge in [-0.25, -0.2) is 17.5 Å². The third-order valence-electron chi connectivity index (χ3n) is 4.59. The molecule has 1 aliphatic heterocycles. The summed E-state index contributed by atoms with van der Waals surface area (Å²) in [5, 5.41) is 5.97. The molecular weight excluding hydrogens is 314 g/mol. The Morgan fingerprint density at radius 1 is 1.13 bits per heavy atom. The number of piperidine rings is 1. The highest BCUT2D eigenvalue weighted by Crippen LogP contribution is 2.40. The van der Waals surface area contributed by atoms with Gasteiger partial charge in [-0.15, -0.1) is 0 Å². The number of carbonyl (C=O) groups excluding carboxylic acids is 1. The number of amides is 2. The maximum absolute atomic E-state index is 12.1. The molecule has 1 aromatic rings. The summed E-state index contributed by atoms with van der Waals surface area (Å²) >= 11 is 0. The van der Waals surface area contributed by atoms with Crippen LogP contribution in [0, 0.1) is 0 Å². The summed E-state index contributed by atoms with van der Waals surface area (Å²) in [5.74, 6) is 0.411. The molecule has 6 nitrogen and oxygen atoms in total. The van der Waals surface area contributed by atoms with E-state index in [9.17, 15) is 13.2 Å². The second-order valence-electron chi connectivity index (χ2n) is 6.41. The molecule has 1 heterocycles. The van der Waals surface area contributed by atoms with Gasteiger partial charge in [0.05, 0.1) is 6.26 Å². The number of rotatable bonds is 4. The van der Waals surface area contributed by atoms with Crippen molar-refractivity contribution in [2.45, 2.75) is 37.3 Å². The Hall–Kier alpha value is -1.60. The molecule has 126 valence electrons. The molecule has 1 aromatic carbocycles. The predicted molar refractivity (Wildman–Crippen MR) is 88.7 cm³/mol. The van der Waals surface area contributed by atoms with Crippen molar-refractivity contribution in [3.8, 4) is 0 Å². The van der Waals surface area contributed by atoms with Crippen LogP contribution in [-0.4, -0.2) is 50.2 Å². The van der Waals surface area contributed by atoms with Crippen LogP contribution in [0.3, 0.4) is 0 Å². The quantitative estimate of drug-likeness (QED) is 0.868. The summed E-state index contributed by atoms with van der Waals surface area (Å²) in [6.07, 6.45) is 3.52. The number of hydrogen-bond acceptors (Lipinski definition) is 3. The zero-order chi connectivity index (χ0) is 16.4. The van der Waals surface area contributed by atoms with Crippen molar-refractivity contribution >= 4 is 16.1 Å². The summed E-state index contributed by atoms with van der Waals surface area (Å²) in [6.45, 7) is 0.944. The standard InChI is InChI=1S/C16H23N3O3S/c1-23(21,22)19-9-7-13(8-10-19)17-16(20)18-15-11-14(15)12-5-3-2-4-6-12/h2-6,13-15H,7-11H2,1H3,(H2,17,18,20)/t14-,15-/m1/s1. The fraction of sp³-hybridized carbons (Fsp3) is 0.562. The molecule has 0 aromatic heterocycles. The van der Waals surface area contributed by atoms with E-state index in [1.807, 2.05) is 18.2 Å². The van der Waals surface area contributed by atoms with E-state index in [0.717, 1.165) is 6.42 Å². The Balaban J connectivity index is 1.42. The zero-order valence-electron chi connectivity index (χ0n) is 13.2. The highest BCUT2D eigenvalue weighted by atomic mass is 32.2. The molecule has 2 N–H and O–H groups in total. The van der Waals surface area contributed by atoms with Gasteiger partial charge < -0.3 is 10.6 Å². The van der Waals surface area contributed by atoms with E-state index in [1.165, 1.54) is 16.1 Å². The molecule has 23 heavy (non-hydrogen) atoms. The molecule has 2 fully saturated rings. The molecular formula is C16H23N3O3S. The number of hydrogen-bond donors (Lipinski definition) is 2. The van der Waals surface area contributed by atoms with Gasteiger partial charge >= 0.3 is 6.03 Å². The molecule has 2 aliphatic rings. The average Bonchev–Trinajstić information content (AvgIpc) is 3.27. The van der Waals surface area contributed by atoms with Crippen molar-refractivity contribution in [2.75, 3.05) is 19.3 Å². The lowest BCUT2D eigenvalue weighted by molar-refractivity contribution is 0.227. The van der Waals surface area contributed by atoms with Gasteiger partial charge in [-0.2, -0.15) is 0 Å². The first-order chi connectivity index (χ1) is 10.9. The van der Waals surface area contributed by atoms with Gasteiger partial charge in [0, 0.05) is 31.1 Å². The number of nitrogens with zero attached hydrogens (tertiary/aromatic N) is 1. The molecule has 0 radical (unpaired) electrons. The SMILES string of the molecule is CS(=O)(=O)N1CCC(NC(=O)N[C@@H]2C[C@@H]2c2ccccc2)CC1. The zero-order valence-corrected chi connectivity index (χ0v) is 14.1. The lowest BCUT2D eigenvalue weighted by Crippen LogP contribution is -2.49. The van der Waals surface area contributed by atoms with Gasteiger partial charge in [-0.1, -0.05) is 30.3 Å². The third-order valence-corrected chi connectivity index (χ3v) is 5.90. The summed E-state index contributed by atoms with van der Waals surface area (Å²) in [7, 11) is -3.12. The van der Waals surface area contributed by atoms with Crippen LogP contribution in [0.1, 0.15) is 30.7 Å². The topological polar surface area (TPSA) is 78.5 Å². The van der Waals surface area contributed by atoms with Gasteiger partial charge in [0.15, 0.2) is 0 Å². The molecule has 3 rings (SSSR count). The summed E-state index contributed by atoms with van der Waals surface area (Å²) in [4.78, 5) is 12.1. The van der Waals surface area contributed by atoms with E-state index in [0.29, 0.717) is 31.8 Å². The first kappa shape index (κ1) is 16.3. The second-order valence-corrected chi connectivity index (χ2v) is 8.40. The molecule has 0 bridgehead atoms. The molecule has 0 unspecified atom stereocenters. The van der Waals surface area contributed by atoms with Gasteiger partial charge in [-0.05, 0) is 24.8 Å². The molecule has 1 aliphatic carbocycles. The van der Waals surface area contributed by atoms with Crippen LogP contribution in [-0.2, 0) is 10.0 Å². The van der Waals surface area contributed by atoms with Crippen LogP contribution < -0.4 is 10.6 Å². The largest absolute Gasteiger partial charge is 0.335 e. The van der Waals surface area contributed by atoms with Gasteiger partial charge in [-0.3, -0.25) is 0 Å². The molecule has 1 saturated heterocycles. The minimum atomic E-state index is -3.12. The predicted octanol–water partition coefficient (Wildman–Crippen LogP) is 1.27. The highest BCUT2D eigenvalue weighted by molar-refractivity contribution is 7.88. The number of carbonyl (C=O) groups is 1. The van der Waals surface area contributed by atoms with Crippen molar-refractivity contribution in [1.82, 2.24) is 14.9 Å². The highest BCUT2D eigenvalue weighted by Gasteiger charge is 2.39. The van der Waals surface area contributed by atoms with Crippen LogP contribution in [0.2, 0.25) is 0 Å². The van der Waals surface area contributed by atoms with Gasteiger partial charge in [0.2, 0.25) is 10.0 Å². The molecule has 1 saturated carbocycles. The van der Waals surface area contributed by atoms with Gasteiger partial charge in [0.25, 0.3) is 0 Å². The van der Waals surface area contributed by atoms with Crippen LogP contribution in [0.4, 0.5) is 4.79 Å². The smallest absolute Gasteiger partial charge is 0.315 e. The lowest BCUT2D eigenvalue weighted by atomic mass is 10.1. The van der Waals surface area contributed by atoms with Crippen molar-refractivity contribution in [2.24, 2.45) is 0 Å².